The van der Waals surface area contributed by atoms with Crippen LogP contribution in [-0.2, 0) is 9.53 Å². The van der Waals surface area contributed by atoms with Crippen molar-refractivity contribution in [2.75, 3.05) is 19.7 Å². The fraction of sp³-hybridized carbons (Fsp3) is 0.520. The fourth-order valence-corrected chi connectivity index (χ4v) is 5.10. The number of benzene rings is 2. The van der Waals surface area contributed by atoms with E-state index in [0.29, 0.717) is 30.9 Å². The van der Waals surface area contributed by atoms with Gasteiger partial charge in [0.1, 0.15) is 11.8 Å². The molecule has 31 heavy (non-hydrogen) atoms. The maximum Gasteiger partial charge on any atom is 0.323 e. The van der Waals surface area contributed by atoms with Gasteiger partial charge in [-0.15, -0.1) is 0 Å². The molecule has 2 N–H and O–H groups in total. The van der Waals surface area contributed by atoms with Crippen LogP contribution in [0.3, 0.4) is 0 Å². The zero-order valence-corrected chi connectivity index (χ0v) is 18.2. The molecule has 1 amide bonds. The minimum absolute atomic E-state index is 0.00500. The van der Waals surface area contributed by atoms with Crippen molar-refractivity contribution in [2.45, 2.75) is 57.5 Å². The summed E-state index contributed by atoms with van der Waals surface area (Å²) < 4.78 is 5.32. The van der Waals surface area contributed by atoms with Gasteiger partial charge in [-0.3, -0.25) is 14.5 Å². The number of hydrogen-bond donors (Lipinski definition) is 2. The van der Waals surface area contributed by atoms with Gasteiger partial charge in [0.05, 0.1) is 12.2 Å². The second-order valence-electron chi connectivity index (χ2n) is 8.81. The number of phenolic OH excluding ortho intramolecular Hbond substituents is 1. The van der Waals surface area contributed by atoms with Crippen LogP contribution in [-0.4, -0.2) is 53.7 Å². The van der Waals surface area contributed by atoms with Crippen LogP contribution in [0.25, 0.3) is 10.8 Å². The van der Waals surface area contributed by atoms with Crippen LogP contribution in [0.1, 0.15) is 55.8 Å². The molecule has 2 atom stereocenters. The standard InChI is InChI=1S/C25H32N2O4/c1-2-31-25(30)22-14-19(16-27(22)15-17-8-4-3-5-9-17)26-24(29)21-13-12-18-10-6-7-11-20(18)23(21)28/h6-7,10-13,17,19,22,28H,2-5,8-9,14-16H2,1H3,(H,26,29). The van der Waals surface area contributed by atoms with Crippen LogP contribution in [0.4, 0.5) is 0 Å². The Morgan fingerprint density at radius 2 is 1.90 bits per heavy atom. The maximum absolute atomic E-state index is 13.0. The summed E-state index contributed by atoms with van der Waals surface area (Å²) in [7, 11) is 0. The number of phenols is 1. The number of nitrogens with one attached hydrogen (secondary N) is 1. The Labute approximate surface area is 183 Å². The molecule has 2 aromatic rings. The highest BCUT2D eigenvalue weighted by atomic mass is 16.5. The topological polar surface area (TPSA) is 78.9 Å². The minimum atomic E-state index is -0.322. The highest BCUT2D eigenvalue weighted by Gasteiger charge is 2.39. The Kier molecular flexibility index (Phi) is 6.76. The van der Waals surface area contributed by atoms with Crippen LogP contribution >= 0.6 is 0 Å². The molecule has 2 aromatic carbocycles. The Hall–Kier alpha value is -2.60. The number of esters is 1. The quantitative estimate of drug-likeness (QED) is 0.689. The Morgan fingerprint density at radius 3 is 2.68 bits per heavy atom. The molecule has 6 nitrogen and oxygen atoms in total. The van der Waals surface area contributed by atoms with Crippen molar-refractivity contribution in [3.63, 3.8) is 0 Å². The molecular formula is C25H32N2O4. The largest absolute Gasteiger partial charge is 0.506 e. The maximum atomic E-state index is 13.0. The van der Waals surface area contributed by atoms with Crippen molar-refractivity contribution >= 4 is 22.6 Å². The van der Waals surface area contributed by atoms with E-state index in [2.05, 4.69) is 10.2 Å². The average Bonchev–Trinajstić information content (AvgIpc) is 3.17. The fourth-order valence-electron chi connectivity index (χ4n) is 5.10. The van der Waals surface area contributed by atoms with Gasteiger partial charge < -0.3 is 15.2 Å². The molecule has 1 saturated carbocycles. The van der Waals surface area contributed by atoms with Gasteiger partial charge in [0.25, 0.3) is 5.91 Å². The van der Waals surface area contributed by atoms with Crippen molar-refractivity contribution in [1.29, 1.82) is 0 Å². The zero-order valence-electron chi connectivity index (χ0n) is 18.2. The highest BCUT2D eigenvalue weighted by Crippen LogP contribution is 2.30. The number of nitrogens with zero attached hydrogens (tertiary/aromatic N) is 1. The normalized spacial score (nSPS) is 22.5. The summed E-state index contributed by atoms with van der Waals surface area (Å²) in [4.78, 5) is 27.7. The van der Waals surface area contributed by atoms with Gasteiger partial charge in [-0.25, -0.2) is 0 Å². The number of fused-ring (bicyclic) bond motifs is 1. The van der Waals surface area contributed by atoms with Gasteiger partial charge in [-0.2, -0.15) is 0 Å². The van der Waals surface area contributed by atoms with E-state index in [4.69, 9.17) is 4.74 Å². The van der Waals surface area contributed by atoms with Gasteiger partial charge in [0.2, 0.25) is 0 Å². The molecule has 6 heteroatoms. The Bertz CT molecular complexity index is 938. The predicted octanol–water partition coefficient (Wildman–Crippen LogP) is 3.86. The van der Waals surface area contributed by atoms with Gasteiger partial charge in [-0.05, 0) is 43.6 Å². The first-order valence-electron chi connectivity index (χ1n) is 11.5. The molecule has 2 aliphatic rings. The number of aromatic hydroxyl groups is 1. The van der Waals surface area contributed by atoms with E-state index in [0.717, 1.165) is 11.9 Å². The van der Waals surface area contributed by atoms with Crippen LogP contribution in [0, 0.1) is 5.92 Å². The lowest BCUT2D eigenvalue weighted by Crippen LogP contribution is -2.41. The van der Waals surface area contributed by atoms with Crippen molar-refractivity contribution in [3.05, 3.63) is 42.0 Å². The molecule has 4 rings (SSSR count). The molecule has 1 saturated heterocycles. The SMILES string of the molecule is CCOC(=O)C1CC(NC(=O)c2ccc3ccccc3c2O)CN1CC1CCCCC1. The molecule has 1 heterocycles. The predicted molar refractivity (Wildman–Crippen MR) is 120 cm³/mol. The molecule has 2 fully saturated rings. The van der Waals surface area contributed by atoms with E-state index in [-0.39, 0.29) is 35.3 Å². The van der Waals surface area contributed by atoms with E-state index in [1.807, 2.05) is 31.2 Å². The third-order valence-electron chi connectivity index (χ3n) is 6.66. The molecular weight excluding hydrogens is 392 g/mol. The van der Waals surface area contributed by atoms with E-state index < -0.39 is 0 Å². The van der Waals surface area contributed by atoms with E-state index in [9.17, 15) is 14.7 Å². The molecule has 1 aliphatic carbocycles. The van der Waals surface area contributed by atoms with Gasteiger partial charge in [0.15, 0.2) is 0 Å². The minimum Gasteiger partial charge on any atom is -0.506 e. The van der Waals surface area contributed by atoms with Gasteiger partial charge >= 0.3 is 5.97 Å². The first-order valence-corrected chi connectivity index (χ1v) is 11.5. The summed E-state index contributed by atoms with van der Waals surface area (Å²) in [5.41, 5.74) is 0.261. The van der Waals surface area contributed by atoms with E-state index in [1.54, 1.807) is 12.1 Å². The van der Waals surface area contributed by atoms with Crippen molar-refractivity contribution in [1.82, 2.24) is 10.2 Å². The molecule has 2 unspecified atom stereocenters. The Balaban J connectivity index is 1.46. The zero-order chi connectivity index (χ0) is 21.8. The Morgan fingerprint density at radius 1 is 1.13 bits per heavy atom. The molecule has 166 valence electrons. The second-order valence-corrected chi connectivity index (χ2v) is 8.81. The summed E-state index contributed by atoms with van der Waals surface area (Å²) >= 11 is 0. The summed E-state index contributed by atoms with van der Waals surface area (Å²) in [6.45, 7) is 3.67. The first-order chi connectivity index (χ1) is 15.1. The van der Waals surface area contributed by atoms with E-state index >= 15 is 0 Å². The molecule has 0 spiro atoms. The van der Waals surface area contributed by atoms with Crippen LogP contribution < -0.4 is 5.32 Å². The number of ether oxygens (including phenoxy) is 1. The second kappa shape index (κ2) is 9.69. The first kappa shape index (κ1) is 21.6. The molecule has 1 aliphatic heterocycles. The number of rotatable bonds is 6. The lowest BCUT2D eigenvalue weighted by atomic mass is 9.89. The number of carbonyl (C=O) groups is 2. The number of amides is 1. The van der Waals surface area contributed by atoms with E-state index in [1.165, 1.54) is 32.1 Å². The lowest BCUT2D eigenvalue weighted by molar-refractivity contribution is -0.148. The van der Waals surface area contributed by atoms with Crippen LogP contribution in [0.2, 0.25) is 0 Å². The molecule has 0 aromatic heterocycles. The van der Waals surface area contributed by atoms with Crippen molar-refractivity contribution in [3.8, 4) is 5.75 Å². The lowest BCUT2D eigenvalue weighted by Gasteiger charge is -2.29. The third kappa shape index (κ3) is 4.85. The van der Waals surface area contributed by atoms with Crippen LogP contribution in [0.5, 0.6) is 5.75 Å². The summed E-state index contributed by atoms with van der Waals surface area (Å²) in [6, 6.07) is 10.5. The third-order valence-corrected chi connectivity index (χ3v) is 6.66. The van der Waals surface area contributed by atoms with Crippen molar-refractivity contribution < 1.29 is 19.4 Å². The van der Waals surface area contributed by atoms with Gasteiger partial charge in [-0.1, -0.05) is 49.6 Å². The number of carbonyl (C=O) groups excluding carboxylic acids is 2. The summed E-state index contributed by atoms with van der Waals surface area (Å²) in [5.74, 6) is 0.0817. The monoisotopic (exact) mass is 424 g/mol. The number of likely N-dealkylation sites (tertiary alicyclic amines) is 1. The summed E-state index contributed by atoms with van der Waals surface area (Å²) in [5, 5.41) is 15.2. The summed E-state index contributed by atoms with van der Waals surface area (Å²) in [6.07, 6.45) is 6.74. The van der Waals surface area contributed by atoms with Gasteiger partial charge in [0, 0.05) is 24.5 Å². The number of hydrogen-bond acceptors (Lipinski definition) is 5. The van der Waals surface area contributed by atoms with Crippen molar-refractivity contribution in [2.24, 2.45) is 5.92 Å². The highest BCUT2D eigenvalue weighted by molar-refractivity contribution is 6.03. The average molecular weight is 425 g/mol. The van der Waals surface area contributed by atoms with Crippen LogP contribution in [0.15, 0.2) is 36.4 Å². The molecule has 0 radical (unpaired) electrons. The smallest absolute Gasteiger partial charge is 0.323 e. The molecule has 0 bridgehead atoms.